The lowest BCUT2D eigenvalue weighted by molar-refractivity contribution is -0.384. The summed E-state index contributed by atoms with van der Waals surface area (Å²) in [6.45, 7) is 5.85. The van der Waals surface area contributed by atoms with Crippen molar-refractivity contribution in [3.63, 3.8) is 0 Å². The van der Waals surface area contributed by atoms with Crippen molar-refractivity contribution in [3.05, 3.63) is 58.5 Å². The zero-order chi connectivity index (χ0) is 17.3. The second-order valence-electron chi connectivity index (χ2n) is 5.20. The maximum absolute atomic E-state index is 12.4. The van der Waals surface area contributed by atoms with Crippen LogP contribution >= 0.6 is 0 Å². The number of rotatable bonds is 4. The Kier molecular flexibility index (Phi) is 3.98. The summed E-state index contributed by atoms with van der Waals surface area (Å²) in [5, 5.41) is 17.9. The molecule has 0 amide bonds. The third kappa shape index (κ3) is 2.60. The van der Waals surface area contributed by atoms with Crippen LogP contribution in [0.15, 0.2) is 42.9 Å². The number of anilines is 1. The SMILES string of the molecule is C=C1Nc2ncnn2C(c2ccc([N+](=O)[O-])cc2)C1C(=O)OCC. The average molecular weight is 329 g/mol. The number of nitro benzene ring substituents is 1. The van der Waals surface area contributed by atoms with Crippen molar-refractivity contribution in [2.24, 2.45) is 5.92 Å². The fourth-order valence-electron chi connectivity index (χ4n) is 2.73. The zero-order valence-electron chi connectivity index (χ0n) is 12.9. The van der Waals surface area contributed by atoms with Crippen molar-refractivity contribution < 1.29 is 14.5 Å². The molecule has 1 N–H and O–H groups in total. The van der Waals surface area contributed by atoms with Crippen molar-refractivity contribution in [2.75, 3.05) is 11.9 Å². The summed E-state index contributed by atoms with van der Waals surface area (Å²) in [5.74, 6) is -0.719. The first kappa shape index (κ1) is 15.7. The van der Waals surface area contributed by atoms with Crippen molar-refractivity contribution in [1.29, 1.82) is 0 Å². The number of non-ortho nitro benzene ring substituents is 1. The van der Waals surface area contributed by atoms with E-state index in [1.807, 2.05) is 0 Å². The zero-order valence-corrected chi connectivity index (χ0v) is 12.9. The summed E-state index contributed by atoms with van der Waals surface area (Å²) in [6.07, 6.45) is 1.36. The van der Waals surface area contributed by atoms with Crippen molar-refractivity contribution in [1.82, 2.24) is 14.8 Å². The van der Waals surface area contributed by atoms with E-state index < -0.39 is 22.9 Å². The monoisotopic (exact) mass is 329 g/mol. The number of fused-ring (bicyclic) bond motifs is 1. The lowest BCUT2D eigenvalue weighted by Crippen LogP contribution is -2.37. The molecule has 0 radical (unpaired) electrons. The van der Waals surface area contributed by atoms with E-state index in [-0.39, 0.29) is 12.3 Å². The molecule has 1 aromatic heterocycles. The summed E-state index contributed by atoms with van der Waals surface area (Å²) in [5.41, 5.74) is 1.09. The Morgan fingerprint density at radius 2 is 2.17 bits per heavy atom. The number of nitrogens with zero attached hydrogens (tertiary/aromatic N) is 4. The Labute approximate surface area is 137 Å². The number of esters is 1. The Balaban J connectivity index is 2.07. The third-order valence-electron chi connectivity index (χ3n) is 3.79. The highest BCUT2D eigenvalue weighted by Crippen LogP contribution is 2.38. The van der Waals surface area contributed by atoms with Gasteiger partial charge in [-0.1, -0.05) is 18.7 Å². The van der Waals surface area contributed by atoms with Gasteiger partial charge in [-0.05, 0) is 12.5 Å². The molecule has 9 heteroatoms. The summed E-state index contributed by atoms with van der Waals surface area (Å²) in [4.78, 5) is 26.9. The van der Waals surface area contributed by atoms with Gasteiger partial charge in [0.1, 0.15) is 12.2 Å². The fourth-order valence-corrected chi connectivity index (χ4v) is 2.73. The van der Waals surface area contributed by atoms with Gasteiger partial charge < -0.3 is 10.1 Å². The number of nitro groups is 1. The number of carbonyl (C=O) groups excluding carboxylic acids is 1. The van der Waals surface area contributed by atoms with Gasteiger partial charge in [0.25, 0.3) is 5.69 Å². The Morgan fingerprint density at radius 1 is 1.46 bits per heavy atom. The summed E-state index contributed by atoms with van der Waals surface area (Å²) in [6, 6.07) is 5.42. The molecule has 9 nitrogen and oxygen atoms in total. The molecule has 2 atom stereocenters. The highest BCUT2D eigenvalue weighted by molar-refractivity contribution is 5.79. The molecule has 0 saturated carbocycles. The molecule has 0 saturated heterocycles. The first-order valence-electron chi connectivity index (χ1n) is 7.29. The second-order valence-corrected chi connectivity index (χ2v) is 5.20. The van der Waals surface area contributed by atoms with E-state index in [4.69, 9.17) is 4.74 Å². The van der Waals surface area contributed by atoms with Gasteiger partial charge in [-0.15, -0.1) is 0 Å². The molecule has 1 aliphatic rings. The van der Waals surface area contributed by atoms with Gasteiger partial charge in [-0.3, -0.25) is 14.9 Å². The number of hydrogen-bond donors (Lipinski definition) is 1. The first-order valence-corrected chi connectivity index (χ1v) is 7.29. The van der Waals surface area contributed by atoms with E-state index in [1.54, 1.807) is 23.7 Å². The minimum Gasteiger partial charge on any atom is -0.465 e. The molecule has 3 rings (SSSR count). The predicted octanol–water partition coefficient (Wildman–Crippen LogP) is 1.89. The molecule has 124 valence electrons. The van der Waals surface area contributed by atoms with Gasteiger partial charge in [-0.25, -0.2) is 4.68 Å². The second kappa shape index (κ2) is 6.11. The molecule has 2 unspecified atom stereocenters. The van der Waals surface area contributed by atoms with Crippen LogP contribution in [0.4, 0.5) is 11.6 Å². The standard InChI is InChI=1S/C15H15N5O4/c1-3-24-14(21)12-9(2)18-15-16-8-17-19(15)13(12)10-4-6-11(7-5-10)20(22)23/h4-8,12-13H,2-3H2,1H3,(H,16,17,18). The highest BCUT2D eigenvalue weighted by atomic mass is 16.6. The topological polar surface area (TPSA) is 112 Å². The van der Waals surface area contributed by atoms with E-state index in [0.29, 0.717) is 17.2 Å². The molecular weight excluding hydrogens is 314 g/mol. The highest BCUT2D eigenvalue weighted by Gasteiger charge is 2.40. The van der Waals surface area contributed by atoms with Crippen LogP contribution in [0.5, 0.6) is 0 Å². The Hall–Kier alpha value is -3.23. The van der Waals surface area contributed by atoms with Crippen LogP contribution in [0.3, 0.4) is 0 Å². The quantitative estimate of drug-likeness (QED) is 0.518. The maximum Gasteiger partial charge on any atom is 0.317 e. The smallest absolute Gasteiger partial charge is 0.317 e. The first-order chi connectivity index (χ1) is 11.5. The molecule has 1 aliphatic heterocycles. The third-order valence-corrected chi connectivity index (χ3v) is 3.79. The van der Waals surface area contributed by atoms with Crippen LogP contribution in [0, 0.1) is 16.0 Å². The summed E-state index contributed by atoms with van der Waals surface area (Å²) < 4.78 is 6.70. The molecule has 0 spiro atoms. The van der Waals surface area contributed by atoms with E-state index in [0.717, 1.165) is 0 Å². The van der Waals surface area contributed by atoms with Crippen molar-refractivity contribution in [2.45, 2.75) is 13.0 Å². The lowest BCUT2D eigenvalue weighted by atomic mass is 9.89. The van der Waals surface area contributed by atoms with E-state index in [9.17, 15) is 14.9 Å². The van der Waals surface area contributed by atoms with E-state index in [1.165, 1.54) is 18.5 Å². The molecule has 24 heavy (non-hydrogen) atoms. The predicted molar refractivity (Wildman–Crippen MR) is 84.1 cm³/mol. The molecule has 0 bridgehead atoms. The van der Waals surface area contributed by atoms with Crippen LogP contribution in [0.2, 0.25) is 0 Å². The van der Waals surface area contributed by atoms with Crippen LogP contribution < -0.4 is 5.32 Å². The van der Waals surface area contributed by atoms with Crippen LogP contribution in [0.1, 0.15) is 18.5 Å². The van der Waals surface area contributed by atoms with Gasteiger partial charge in [-0.2, -0.15) is 10.1 Å². The van der Waals surface area contributed by atoms with E-state index in [2.05, 4.69) is 22.0 Å². The van der Waals surface area contributed by atoms with Gasteiger partial charge >= 0.3 is 5.97 Å². The summed E-state index contributed by atoms with van der Waals surface area (Å²) in [7, 11) is 0. The Bertz CT molecular complexity index is 798. The molecule has 0 aliphatic carbocycles. The molecule has 0 fully saturated rings. The van der Waals surface area contributed by atoms with Gasteiger partial charge in [0.05, 0.1) is 17.6 Å². The lowest BCUT2D eigenvalue weighted by Gasteiger charge is -2.33. The number of carbonyl (C=O) groups is 1. The van der Waals surface area contributed by atoms with Crippen molar-refractivity contribution in [3.8, 4) is 0 Å². The number of nitrogens with one attached hydrogen (secondary N) is 1. The van der Waals surface area contributed by atoms with Crippen molar-refractivity contribution >= 4 is 17.6 Å². The molecule has 2 aromatic rings. The maximum atomic E-state index is 12.4. The van der Waals surface area contributed by atoms with Gasteiger partial charge in [0.2, 0.25) is 5.95 Å². The minimum absolute atomic E-state index is 0.0296. The van der Waals surface area contributed by atoms with Crippen LogP contribution in [-0.2, 0) is 9.53 Å². The normalized spacial score (nSPS) is 19.3. The molecular formula is C15H15N5O4. The van der Waals surface area contributed by atoms with Gasteiger partial charge in [0, 0.05) is 17.8 Å². The Morgan fingerprint density at radius 3 is 2.79 bits per heavy atom. The van der Waals surface area contributed by atoms with Crippen LogP contribution in [0.25, 0.3) is 0 Å². The molecule has 1 aromatic carbocycles. The minimum atomic E-state index is -0.722. The van der Waals surface area contributed by atoms with E-state index >= 15 is 0 Å². The fraction of sp³-hybridized carbons (Fsp3) is 0.267. The molecule has 2 heterocycles. The number of ether oxygens (including phenoxy) is 1. The number of benzene rings is 1. The summed E-state index contributed by atoms with van der Waals surface area (Å²) >= 11 is 0. The average Bonchev–Trinajstić information content (AvgIpc) is 3.01. The number of hydrogen-bond acceptors (Lipinski definition) is 7. The van der Waals surface area contributed by atoms with Crippen LogP contribution in [-0.4, -0.2) is 32.3 Å². The number of aromatic nitrogens is 3. The van der Waals surface area contributed by atoms with Gasteiger partial charge in [0.15, 0.2) is 0 Å². The largest absolute Gasteiger partial charge is 0.465 e.